The minimum Gasteiger partial charge on any atom is -0.309 e. The Bertz CT molecular complexity index is 949. The molecular formula is C23H35NO6P2. The first kappa shape index (κ1) is 26.9. The molecule has 2 atom stereocenters. The standard InChI is InChI=1S/C23H35NO6P2/c1-7-27-31(25,19(3)4)29-17-20-11-9-13-22(15-20)23(5,6)32(26,28-8-2)30-18-21-12-10-14-24-16-21/h9-16,19H,7-8,17-18H2,1-6H3. The highest BCUT2D eigenvalue weighted by Gasteiger charge is 2.45. The van der Waals surface area contributed by atoms with Crippen LogP contribution >= 0.6 is 15.2 Å². The van der Waals surface area contributed by atoms with Gasteiger partial charge in [-0.15, -0.1) is 0 Å². The van der Waals surface area contributed by atoms with Crippen molar-refractivity contribution in [3.63, 3.8) is 0 Å². The van der Waals surface area contributed by atoms with Gasteiger partial charge in [-0.25, -0.2) is 0 Å². The Kier molecular flexibility index (Phi) is 9.84. The van der Waals surface area contributed by atoms with Crippen molar-refractivity contribution in [3.8, 4) is 0 Å². The third-order valence-electron chi connectivity index (χ3n) is 5.09. The minimum absolute atomic E-state index is 0.120. The maximum Gasteiger partial charge on any atom is 0.340 e. The fraction of sp³-hybridized carbons (Fsp3) is 0.522. The molecule has 0 N–H and O–H groups in total. The zero-order chi connectivity index (χ0) is 23.8. The summed E-state index contributed by atoms with van der Waals surface area (Å²) in [5.41, 5.74) is 2.13. The molecule has 178 valence electrons. The lowest BCUT2D eigenvalue weighted by Gasteiger charge is -2.33. The Morgan fingerprint density at radius 2 is 1.56 bits per heavy atom. The third-order valence-corrected chi connectivity index (χ3v) is 10.2. The van der Waals surface area contributed by atoms with E-state index in [1.807, 2.05) is 58.0 Å². The second kappa shape index (κ2) is 11.7. The van der Waals surface area contributed by atoms with E-state index in [2.05, 4.69) is 4.98 Å². The minimum atomic E-state index is -3.56. The van der Waals surface area contributed by atoms with Crippen LogP contribution in [0, 0.1) is 0 Å². The van der Waals surface area contributed by atoms with Crippen LogP contribution in [-0.2, 0) is 45.6 Å². The van der Waals surface area contributed by atoms with Crippen LogP contribution in [0.3, 0.4) is 0 Å². The van der Waals surface area contributed by atoms with Gasteiger partial charge in [0.05, 0.1) is 37.2 Å². The van der Waals surface area contributed by atoms with Crippen molar-refractivity contribution < 1.29 is 27.2 Å². The van der Waals surface area contributed by atoms with Gasteiger partial charge in [0, 0.05) is 12.4 Å². The maximum absolute atomic E-state index is 13.9. The van der Waals surface area contributed by atoms with Crippen molar-refractivity contribution in [2.75, 3.05) is 13.2 Å². The summed E-state index contributed by atoms with van der Waals surface area (Å²) in [6.07, 6.45) is 3.35. The molecule has 0 aliphatic rings. The van der Waals surface area contributed by atoms with Crippen LogP contribution in [0.5, 0.6) is 0 Å². The summed E-state index contributed by atoms with van der Waals surface area (Å²) in [6, 6.07) is 11.2. The van der Waals surface area contributed by atoms with Gasteiger partial charge in [0.2, 0.25) is 0 Å². The first-order chi connectivity index (χ1) is 15.1. The molecule has 1 aromatic heterocycles. The molecule has 0 saturated carbocycles. The van der Waals surface area contributed by atoms with E-state index in [1.54, 1.807) is 32.3 Å². The highest BCUT2D eigenvalue weighted by Crippen LogP contribution is 2.65. The normalized spacial score (nSPS) is 16.0. The van der Waals surface area contributed by atoms with E-state index in [-0.39, 0.29) is 25.5 Å². The van der Waals surface area contributed by atoms with Crippen LogP contribution in [0.4, 0.5) is 0 Å². The van der Waals surface area contributed by atoms with Crippen LogP contribution in [0.25, 0.3) is 0 Å². The van der Waals surface area contributed by atoms with Gasteiger partial charge in [-0.05, 0) is 50.5 Å². The molecule has 7 nitrogen and oxygen atoms in total. The Labute approximate surface area is 191 Å². The molecule has 0 spiro atoms. The largest absolute Gasteiger partial charge is 0.340 e. The molecule has 0 aliphatic carbocycles. The van der Waals surface area contributed by atoms with Gasteiger partial charge >= 0.3 is 15.2 Å². The van der Waals surface area contributed by atoms with Crippen LogP contribution < -0.4 is 0 Å². The molecule has 32 heavy (non-hydrogen) atoms. The zero-order valence-corrected chi connectivity index (χ0v) is 21.6. The van der Waals surface area contributed by atoms with E-state index in [9.17, 15) is 9.13 Å². The van der Waals surface area contributed by atoms with Crippen molar-refractivity contribution in [3.05, 3.63) is 65.5 Å². The number of benzene rings is 1. The predicted octanol–water partition coefficient (Wildman–Crippen LogP) is 6.92. The third kappa shape index (κ3) is 6.60. The van der Waals surface area contributed by atoms with Gasteiger partial charge in [-0.2, -0.15) is 0 Å². The molecule has 2 rings (SSSR count). The molecule has 0 amide bonds. The molecule has 9 heteroatoms. The quantitative estimate of drug-likeness (QED) is 0.286. The molecule has 0 fully saturated rings. The lowest BCUT2D eigenvalue weighted by molar-refractivity contribution is 0.186. The summed E-state index contributed by atoms with van der Waals surface area (Å²) in [7, 11) is -6.77. The summed E-state index contributed by atoms with van der Waals surface area (Å²) in [5.74, 6) is 0. The van der Waals surface area contributed by atoms with E-state index in [1.165, 1.54) is 0 Å². The average molecular weight is 483 g/mol. The smallest absolute Gasteiger partial charge is 0.309 e. The molecular weight excluding hydrogens is 448 g/mol. The van der Waals surface area contributed by atoms with Crippen molar-refractivity contribution in [1.29, 1.82) is 0 Å². The Balaban J connectivity index is 2.25. The summed E-state index contributed by atoms with van der Waals surface area (Å²) in [5, 5.41) is -0.928. The molecule has 1 aromatic carbocycles. The van der Waals surface area contributed by atoms with Gasteiger partial charge in [-0.1, -0.05) is 44.2 Å². The number of pyridine rings is 1. The van der Waals surface area contributed by atoms with Crippen LogP contribution in [0.1, 0.15) is 58.2 Å². The van der Waals surface area contributed by atoms with E-state index in [0.717, 1.165) is 16.7 Å². The second-order valence-corrected chi connectivity index (χ2v) is 13.4. The van der Waals surface area contributed by atoms with Crippen molar-refractivity contribution in [2.24, 2.45) is 0 Å². The summed E-state index contributed by atoms with van der Waals surface area (Å²) >= 11 is 0. The summed E-state index contributed by atoms with van der Waals surface area (Å²) < 4.78 is 49.5. The van der Waals surface area contributed by atoms with E-state index in [0.29, 0.717) is 6.61 Å². The maximum atomic E-state index is 13.9. The molecule has 0 radical (unpaired) electrons. The monoisotopic (exact) mass is 483 g/mol. The SMILES string of the molecule is CCOP(=O)(OCc1cccc(C(C)(C)P(=O)(OCC)OCc2cccnc2)c1)C(C)C. The lowest BCUT2D eigenvalue weighted by Crippen LogP contribution is -2.21. The highest BCUT2D eigenvalue weighted by atomic mass is 31.2. The fourth-order valence-corrected chi connectivity index (χ4v) is 6.25. The number of hydrogen-bond donors (Lipinski definition) is 0. The average Bonchev–Trinajstić information content (AvgIpc) is 2.77. The first-order valence-electron chi connectivity index (χ1n) is 10.8. The molecule has 2 unspecified atom stereocenters. The number of hydrogen-bond acceptors (Lipinski definition) is 7. The molecule has 0 saturated heterocycles. The van der Waals surface area contributed by atoms with Gasteiger partial charge < -0.3 is 18.1 Å². The van der Waals surface area contributed by atoms with Gasteiger partial charge in [0.1, 0.15) is 0 Å². The molecule has 0 aliphatic heterocycles. The number of rotatable bonds is 13. The van der Waals surface area contributed by atoms with E-state index in [4.69, 9.17) is 18.1 Å². The number of nitrogens with zero attached hydrogens (tertiary/aromatic N) is 1. The molecule has 1 heterocycles. The Hall–Kier alpha value is -1.33. The molecule has 2 aromatic rings. The Morgan fingerprint density at radius 3 is 2.16 bits per heavy atom. The zero-order valence-electron chi connectivity index (χ0n) is 19.8. The van der Waals surface area contributed by atoms with Gasteiger partial charge in [-0.3, -0.25) is 14.1 Å². The summed E-state index contributed by atoms with van der Waals surface area (Å²) in [6.45, 7) is 11.7. The number of aromatic nitrogens is 1. The highest BCUT2D eigenvalue weighted by molar-refractivity contribution is 7.55. The van der Waals surface area contributed by atoms with Crippen molar-refractivity contribution >= 4 is 15.2 Å². The van der Waals surface area contributed by atoms with Crippen molar-refractivity contribution in [2.45, 2.75) is 65.6 Å². The Morgan fingerprint density at radius 1 is 0.906 bits per heavy atom. The van der Waals surface area contributed by atoms with E-state index >= 15 is 0 Å². The lowest BCUT2D eigenvalue weighted by atomic mass is 10.0. The van der Waals surface area contributed by atoms with Gasteiger partial charge in [0.25, 0.3) is 0 Å². The van der Waals surface area contributed by atoms with Gasteiger partial charge in [0.15, 0.2) is 0 Å². The van der Waals surface area contributed by atoms with E-state index < -0.39 is 20.3 Å². The second-order valence-electron chi connectivity index (χ2n) is 8.13. The van der Waals surface area contributed by atoms with Crippen LogP contribution in [-0.4, -0.2) is 23.9 Å². The first-order valence-corrected chi connectivity index (χ1v) is 14.0. The predicted molar refractivity (Wildman–Crippen MR) is 127 cm³/mol. The van der Waals surface area contributed by atoms with Crippen LogP contribution in [0.2, 0.25) is 0 Å². The topological polar surface area (TPSA) is 84.0 Å². The van der Waals surface area contributed by atoms with Crippen LogP contribution in [0.15, 0.2) is 48.8 Å². The summed E-state index contributed by atoms with van der Waals surface area (Å²) in [4.78, 5) is 4.07. The molecule has 0 bridgehead atoms. The van der Waals surface area contributed by atoms with Crippen molar-refractivity contribution in [1.82, 2.24) is 4.98 Å². The fourth-order valence-electron chi connectivity index (χ4n) is 3.05.